The summed E-state index contributed by atoms with van der Waals surface area (Å²) in [4.78, 5) is 12.3. The molecule has 0 fully saturated rings. The zero-order valence-electron chi connectivity index (χ0n) is 14.7. The molecule has 1 N–H and O–H groups in total. The minimum Gasteiger partial charge on any atom is -0.456 e. The molecule has 138 valence electrons. The minimum atomic E-state index is -3.10. The lowest BCUT2D eigenvalue weighted by molar-refractivity contribution is -0.0646. The molecule has 0 unspecified atom stereocenters. The number of carbonyl (C=O) groups excluding carboxylic acids is 1. The van der Waals surface area contributed by atoms with Crippen LogP contribution in [0.3, 0.4) is 0 Å². The molecule has 2 aromatic rings. The number of esters is 1. The maximum atomic E-state index is 13.7. The summed E-state index contributed by atoms with van der Waals surface area (Å²) in [6.45, 7) is 2.99. The molecule has 0 heterocycles. The van der Waals surface area contributed by atoms with E-state index in [1.165, 1.54) is 5.37 Å². The summed E-state index contributed by atoms with van der Waals surface area (Å²) in [7, 11) is 0. The van der Waals surface area contributed by atoms with Gasteiger partial charge in [0.15, 0.2) is 6.61 Å². The van der Waals surface area contributed by atoms with E-state index in [1.54, 1.807) is 24.3 Å². The van der Waals surface area contributed by atoms with Gasteiger partial charge in [-0.2, -0.15) is 0 Å². The van der Waals surface area contributed by atoms with Gasteiger partial charge in [0.25, 0.3) is 5.92 Å². The smallest absolute Gasteiger partial charge is 0.340 e. The van der Waals surface area contributed by atoms with Crippen molar-refractivity contribution in [3.05, 3.63) is 59.2 Å². The fourth-order valence-electron chi connectivity index (χ4n) is 2.39. The lowest BCUT2D eigenvalue weighted by atomic mass is 10.1. The highest BCUT2D eigenvalue weighted by molar-refractivity contribution is 7.78. The summed E-state index contributed by atoms with van der Waals surface area (Å²) >= 11 is 4.56. The fourth-order valence-corrected chi connectivity index (χ4v) is 2.51. The molecular weight excluding hydrogens is 356 g/mol. The Labute approximate surface area is 157 Å². The van der Waals surface area contributed by atoms with E-state index in [0.717, 1.165) is 16.8 Å². The number of anilines is 2. The van der Waals surface area contributed by atoms with Gasteiger partial charge in [0, 0.05) is 12.1 Å². The number of hydrogen-bond acceptors (Lipinski definition) is 4. The SMILES string of the molecule is Cc1cccc(Nc2ccccc2C(=O)OCC(F)(F)CCC=S)c1C. The first-order valence-electron chi connectivity index (χ1n) is 8.25. The predicted octanol–water partition coefficient (Wildman–Crippen LogP) is 5.62. The molecule has 0 aliphatic carbocycles. The van der Waals surface area contributed by atoms with Crippen LogP contribution in [0.25, 0.3) is 0 Å². The maximum Gasteiger partial charge on any atom is 0.340 e. The lowest BCUT2D eigenvalue weighted by Crippen LogP contribution is -2.26. The van der Waals surface area contributed by atoms with Crippen LogP contribution in [0.4, 0.5) is 20.2 Å². The molecule has 0 aromatic heterocycles. The molecule has 0 spiro atoms. The lowest BCUT2D eigenvalue weighted by Gasteiger charge is -2.17. The molecule has 0 aliphatic heterocycles. The van der Waals surface area contributed by atoms with Crippen LogP contribution in [0.15, 0.2) is 42.5 Å². The van der Waals surface area contributed by atoms with Crippen LogP contribution in [-0.4, -0.2) is 23.9 Å². The van der Waals surface area contributed by atoms with Gasteiger partial charge in [-0.05, 0) is 55.0 Å². The molecule has 0 saturated heterocycles. The van der Waals surface area contributed by atoms with Crippen molar-refractivity contribution in [2.24, 2.45) is 0 Å². The standard InChI is InChI=1S/C20H21F2NO2S/c1-14-7-5-10-17(15(14)2)23-18-9-4-3-8-16(18)19(24)25-13-20(21,22)11-6-12-26/h3-5,7-10,12,23H,6,11,13H2,1-2H3. The van der Waals surface area contributed by atoms with Crippen molar-refractivity contribution >= 4 is 34.9 Å². The zero-order valence-corrected chi connectivity index (χ0v) is 15.5. The highest BCUT2D eigenvalue weighted by atomic mass is 32.1. The summed E-state index contributed by atoms with van der Waals surface area (Å²) in [5.41, 5.74) is 3.71. The van der Waals surface area contributed by atoms with E-state index >= 15 is 0 Å². The second-order valence-electron chi connectivity index (χ2n) is 6.06. The van der Waals surface area contributed by atoms with Gasteiger partial charge >= 0.3 is 5.97 Å². The van der Waals surface area contributed by atoms with E-state index in [0.29, 0.717) is 5.69 Å². The van der Waals surface area contributed by atoms with Crippen LogP contribution in [0, 0.1) is 13.8 Å². The molecule has 0 saturated carbocycles. The van der Waals surface area contributed by atoms with Crippen molar-refractivity contribution in [1.29, 1.82) is 0 Å². The Morgan fingerprint density at radius 3 is 2.58 bits per heavy atom. The van der Waals surface area contributed by atoms with Crippen molar-refractivity contribution in [3.63, 3.8) is 0 Å². The number of halogens is 2. The van der Waals surface area contributed by atoms with E-state index in [9.17, 15) is 13.6 Å². The molecule has 26 heavy (non-hydrogen) atoms. The largest absolute Gasteiger partial charge is 0.456 e. The van der Waals surface area contributed by atoms with Gasteiger partial charge in [-0.25, -0.2) is 13.6 Å². The van der Waals surface area contributed by atoms with Crippen LogP contribution in [0.1, 0.15) is 34.3 Å². The third kappa shape index (κ3) is 5.33. The Morgan fingerprint density at radius 1 is 1.15 bits per heavy atom. The third-order valence-electron chi connectivity index (χ3n) is 4.06. The Bertz CT molecular complexity index is 793. The first kappa shape index (κ1) is 20.0. The summed E-state index contributed by atoms with van der Waals surface area (Å²) in [6, 6.07) is 12.5. The van der Waals surface area contributed by atoms with E-state index in [2.05, 4.69) is 17.5 Å². The van der Waals surface area contributed by atoms with Crippen molar-refractivity contribution in [3.8, 4) is 0 Å². The molecule has 0 atom stereocenters. The number of para-hydroxylation sites is 1. The van der Waals surface area contributed by atoms with Crippen LogP contribution >= 0.6 is 12.2 Å². The first-order chi connectivity index (χ1) is 12.3. The number of hydrogen-bond donors (Lipinski definition) is 1. The number of thiocarbonyl (C=S) groups is 1. The third-order valence-corrected chi connectivity index (χ3v) is 4.30. The average Bonchev–Trinajstić information content (AvgIpc) is 2.62. The minimum absolute atomic E-state index is 0.0880. The number of alkyl halides is 2. The molecular formula is C20H21F2NO2S. The average molecular weight is 377 g/mol. The van der Waals surface area contributed by atoms with Crippen molar-refractivity contribution in [1.82, 2.24) is 0 Å². The molecule has 6 heteroatoms. The molecule has 0 radical (unpaired) electrons. The maximum absolute atomic E-state index is 13.7. The first-order valence-corrected chi connectivity index (χ1v) is 8.72. The number of benzene rings is 2. The van der Waals surface area contributed by atoms with Crippen LogP contribution < -0.4 is 5.32 Å². The van der Waals surface area contributed by atoms with Gasteiger partial charge in [-0.1, -0.05) is 36.5 Å². The van der Waals surface area contributed by atoms with Crippen molar-refractivity contribution in [2.75, 3.05) is 11.9 Å². The molecule has 2 rings (SSSR count). The highest BCUT2D eigenvalue weighted by Gasteiger charge is 2.30. The van der Waals surface area contributed by atoms with Crippen LogP contribution in [0.5, 0.6) is 0 Å². The van der Waals surface area contributed by atoms with Gasteiger partial charge in [-0.15, -0.1) is 0 Å². The predicted molar refractivity (Wildman–Crippen MR) is 104 cm³/mol. The molecule has 0 amide bonds. The number of aryl methyl sites for hydroxylation is 1. The van der Waals surface area contributed by atoms with Gasteiger partial charge < -0.3 is 10.1 Å². The van der Waals surface area contributed by atoms with E-state index in [-0.39, 0.29) is 12.0 Å². The molecule has 0 aliphatic rings. The van der Waals surface area contributed by atoms with Crippen molar-refractivity contribution in [2.45, 2.75) is 32.6 Å². The molecule has 0 bridgehead atoms. The number of ether oxygens (including phenoxy) is 1. The Balaban J connectivity index is 2.14. The second kappa shape index (κ2) is 8.85. The van der Waals surface area contributed by atoms with Crippen LogP contribution in [-0.2, 0) is 4.74 Å². The van der Waals surface area contributed by atoms with E-state index < -0.39 is 24.9 Å². The highest BCUT2D eigenvalue weighted by Crippen LogP contribution is 2.26. The Morgan fingerprint density at radius 2 is 1.85 bits per heavy atom. The summed E-state index contributed by atoms with van der Waals surface area (Å²) in [6.07, 6.45) is -0.350. The van der Waals surface area contributed by atoms with Crippen LogP contribution in [0.2, 0.25) is 0 Å². The summed E-state index contributed by atoms with van der Waals surface area (Å²) < 4.78 is 32.2. The summed E-state index contributed by atoms with van der Waals surface area (Å²) in [5, 5.41) is 4.44. The van der Waals surface area contributed by atoms with E-state index in [4.69, 9.17) is 4.74 Å². The number of nitrogens with one attached hydrogen (secondary N) is 1. The number of carbonyl (C=O) groups is 1. The normalized spacial score (nSPS) is 11.1. The van der Waals surface area contributed by atoms with Gasteiger partial charge in [0.2, 0.25) is 0 Å². The Kier molecular flexibility index (Phi) is 6.80. The quantitative estimate of drug-likeness (QED) is 0.479. The Hall–Kier alpha value is -2.34. The second-order valence-corrected chi connectivity index (χ2v) is 6.39. The monoisotopic (exact) mass is 377 g/mol. The fraction of sp³-hybridized carbons (Fsp3) is 0.300. The van der Waals surface area contributed by atoms with Gasteiger partial charge in [0.1, 0.15) is 0 Å². The van der Waals surface area contributed by atoms with Gasteiger partial charge in [-0.3, -0.25) is 0 Å². The summed E-state index contributed by atoms with van der Waals surface area (Å²) in [5.74, 6) is -3.89. The molecule has 2 aromatic carbocycles. The topological polar surface area (TPSA) is 38.3 Å². The zero-order chi connectivity index (χ0) is 19.2. The van der Waals surface area contributed by atoms with Gasteiger partial charge in [0.05, 0.1) is 11.3 Å². The number of rotatable bonds is 8. The molecule has 3 nitrogen and oxygen atoms in total. The van der Waals surface area contributed by atoms with Crippen molar-refractivity contribution < 1.29 is 18.3 Å². The van der Waals surface area contributed by atoms with E-state index in [1.807, 2.05) is 32.0 Å².